The van der Waals surface area contributed by atoms with Crippen molar-refractivity contribution in [2.75, 3.05) is 5.32 Å². The van der Waals surface area contributed by atoms with Gasteiger partial charge in [-0.15, -0.1) is 0 Å². The third-order valence-electron chi connectivity index (χ3n) is 5.51. The average molecular weight is 352 g/mol. The van der Waals surface area contributed by atoms with Gasteiger partial charge < -0.3 is 20.5 Å². The Morgan fingerprint density at radius 2 is 2.15 bits per heavy atom. The van der Waals surface area contributed by atoms with Crippen LogP contribution in [0.25, 0.3) is 22.3 Å². The van der Waals surface area contributed by atoms with Crippen LogP contribution < -0.4 is 11.1 Å². The molecule has 1 unspecified atom stereocenters. The van der Waals surface area contributed by atoms with Crippen LogP contribution in [0.2, 0.25) is 0 Å². The molecule has 4 N–H and O–H groups in total. The number of H-pyrrole nitrogens is 1. The second-order valence-corrected chi connectivity index (χ2v) is 7.28. The topological polar surface area (TPSA) is 96.9 Å². The number of rotatable bonds is 4. The summed E-state index contributed by atoms with van der Waals surface area (Å²) in [5, 5.41) is 4.01. The number of furan rings is 1. The SMILES string of the molecule is CC(N)[C@H]1CC[C@H](C(=O)Nc2ccnc3[nH]c(-c4ccoc4)cc23)CC1. The van der Waals surface area contributed by atoms with Crippen molar-refractivity contribution in [3.8, 4) is 11.3 Å². The molecule has 1 aliphatic carbocycles. The lowest BCUT2D eigenvalue weighted by molar-refractivity contribution is -0.121. The van der Waals surface area contributed by atoms with Gasteiger partial charge >= 0.3 is 0 Å². The van der Waals surface area contributed by atoms with Gasteiger partial charge in [0.2, 0.25) is 5.91 Å². The first-order valence-electron chi connectivity index (χ1n) is 9.18. The minimum Gasteiger partial charge on any atom is -0.472 e. The van der Waals surface area contributed by atoms with Crippen LogP contribution in [0.1, 0.15) is 32.6 Å². The number of nitrogens with one attached hydrogen (secondary N) is 2. The van der Waals surface area contributed by atoms with Gasteiger partial charge in [-0.25, -0.2) is 4.98 Å². The maximum Gasteiger partial charge on any atom is 0.227 e. The van der Waals surface area contributed by atoms with Crippen molar-refractivity contribution in [3.63, 3.8) is 0 Å². The number of hydrogen-bond acceptors (Lipinski definition) is 4. The van der Waals surface area contributed by atoms with Gasteiger partial charge in [0.25, 0.3) is 0 Å². The summed E-state index contributed by atoms with van der Waals surface area (Å²) in [6, 6.07) is 5.94. The van der Waals surface area contributed by atoms with Gasteiger partial charge in [-0.2, -0.15) is 0 Å². The Morgan fingerprint density at radius 3 is 2.85 bits per heavy atom. The molecule has 136 valence electrons. The summed E-state index contributed by atoms with van der Waals surface area (Å²) >= 11 is 0. The monoisotopic (exact) mass is 352 g/mol. The van der Waals surface area contributed by atoms with E-state index in [1.807, 2.05) is 18.2 Å². The third-order valence-corrected chi connectivity index (χ3v) is 5.51. The normalized spacial score (nSPS) is 21.6. The van der Waals surface area contributed by atoms with E-state index >= 15 is 0 Å². The van der Waals surface area contributed by atoms with E-state index in [9.17, 15) is 4.79 Å². The molecule has 1 atom stereocenters. The minimum absolute atomic E-state index is 0.0560. The second-order valence-electron chi connectivity index (χ2n) is 7.28. The lowest BCUT2D eigenvalue weighted by Crippen LogP contribution is -2.33. The zero-order valence-electron chi connectivity index (χ0n) is 14.9. The van der Waals surface area contributed by atoms with Crippen molar-refractivity contribution in [3.05, 3.63) is 36.9 Å². The van der Waals surface area contributed by atoms with Crippen LogP contribution >= 0.6 is 0 Å². The molecule has 0 aliphatic heterocycles. The van der Waals surface area contributed by atoms with Gasteiger partial charge in [0.15, 0.2) is 0 Å². The van der Waals surface area contributed by atoms with E-state index < -0.39 is 0 Å². The Labute approximate surface area is 152 Å². The fraction of sp³-hybridized carbons (Fsp3) is 0.400. The van der Waals surface area contributed by atoms with Gasteiger partial charge in [-0.3, -0.25) is 4.79 Å². The van der Waals surface area contributed by atoms with Crippen LogP contribution in [0.3, 0.4) is 0 Å². The van der Waals surface area contributed by atoms with Crippen LogP contribution in [0, 0.1) is 11.8 Å². The fourth-order valence-electron chi connectivity index (χ4n) is 3.85. The molecule has 1 amide bonds. The van der Waals surface area contributed by atoms with Gasteiger partial charge in [0.05, 0.1) is 23.9 Å². The Bertz CT molecular complexity index is 890. The molecule has 26 heavy (non-hydrogen) atoms. The summed E-state index contributed by atoms with van der Waals surface area (Å²) in [4.78, 5) is 20.4. The number of carbonyl (C=O) groups excluding carboxylic acids is 1. The second kappa shape index (κ2) is 6.96. The highest BCUT2D eigenvalue weighted by Crippen LogP contribution is 2.32. The molecule has 0 saturated heterocycles. The number of aromatic amines is 1. The first-order chi connectivity index (χ1) is 12.6. The molecule has 0 radical (unpaired) electrons. The number of nitrogens with two attached hydrogens (primary N) is 1. The number of fused-ring (bicyclic) bond motifs is 1. The maximum absolute atomic E-state index is 12.7. The number of anilines is 1. The van der Waals surface area contributed by atoms with Crippen molar-refractivity contribution in [2.45, 2.75) is 38.6 Å². The van der Waals surface area contributed by atoms with Crippen LogP contribution in [0.5, 0.6) is 0 Å². The molecule has 0 aromatic carbocycles. The van der Waals surface area contributed by atoms with Crippen LogP contribution in [0.4, 0.5) is 5.69 Å². The molecular formula is C20H24N4O2. The van der Waals surface area contributed by atoms with Crippen LogP contribution in [0.15, 0.2) is 41.3 Å². The first-order valence-corrected chi connectivity index (χ1v) is 9.18. The van der Waals surface area contributed by atoms with Gasteiger partial charge in [0, 0.05) is 29.1 Å². The van der Waals surface area contributed by atoms with E-state index in [1.54, 1.807) is 18.7 Å². The Kier molecular flexibility index (Phi) is 4.51. The number of amides is 1. The zero-order valence-corrected chi connectivity index (χ0v) is 14.9. The quantitative estimate of drug-likeness (QED) is 0.663. The predicted molar refractivity (Wildman–Crippen MR) is 102 cm³/mol. The van der Waals surface area contributed by atoms with E-state index in [-0.39, 0.29) is 17.9 Å². The number of nitrogens with zero attached hydrogens (tertiary/aromatic N) is 1. The molecular weight excluding hydrogens is 328 g/mol. The molecule has 0 bridgehead atoms. The summed E-state index contributed by atoms with van der Waals surface area (Å²) < 4.78 is 5.15. The minimum atomic E-state index is 0.0560. The standard InChI is InChI=1S/C20H24N4O2/c1-12(21)13-2-4-14(5-3-13)20(25)24-17-6-8-22-19-16(17)10-18(23-19)15-7-9-26-11-15/h6-14H,2-5,21H2,1H3,(H2,22,23,24,25)/t12?,13-,14-. The molecule has 6 nitrogen and oxygen atoms in total. The largest absolute Gasteiger partial charge is 0.472 e. The smallest absolute Gasteiger partial charge is 0.227 e. The van der Waals surface area contributed by atoms with Gasteiger partial charge in [-0.1, -0.05) is 0 Å². The summed E-state index contributed by atoms with van der Waals surface area (Å²) in [5.41, 5.74) is 9.41. The van der Waals surface area contributed by atoms with Crippen LogP contribution in [-0.2, 0) is 4.79 Å². The highest BCUT2D eigenvalue weighted by Gasteiger charge is 2.28. The molecule has 3 aromatic rings. The Hall–Kier alpha value is -2.60. The third kappa shape index (κ3) is 3.24. The average Bonchev–Trinajstić information content (AvgIpc) is 3.31. The van der Waals surface area contributed by atoms with Crippen LogP contribution in [-0.4, -0.2) is 21.9 Å². The Balaban J connectivity index is 1.51. The van der Waals surface area contributed by atoms with E-state index in [0.717, 1.165) is 53.7 Å². The van der Waals surface area contributed by atoms with Crippen molar-refractivity contribution in [1.82, 2.24) is 9.97 Å². The van der Waals surface area contributed by atoms with Crippen molar-refractivity contribution < 1.29 is 9.21 Å². The Morgan fingerprint density at radius 1 is 1.35 bits per heavy atom. The van der Waals surface area contributed by atoms with Gasteiger partial charge in [0.1, 0.15) is 5.65 Å². The zero-order chi connectivity index (χ0) is 18.1. The molecule has 1 fully saturated rings. The number of hydrogen-bond donors (Lipinski definition) is 3. The fourth-order valence-corrected chi connectivity index (χ4v) is 3.85. The molecule has 0 spiro atoms. The van der Waals surface area contributed by atoms with E-state index in [2.05, 4.69) is 22.2 Å². The molecule has 1 saturated carbocycles. The summed E-state index contributed by atoms with van der Waals surface area (Å²) in [6.07, 6.45) is 8.88. The highest BCUT2D eigenvalue weighted by molar-refractivity contribution is 6.02. The van der Waals surface area contributed by atoms with E-state index in [1.165, 1.54) is 0 Å². The van der Waals surface area contributed by atoms with Gasteiger partial charge in [-0.05, 0) is 56.7 Å². The molecule has 3 aromatic heterocycles. The maximum atomic E-state index is 12.7. The lowest BCUT2D eigenvalue weighted by atomic mass is 9.79. The summed E-state index contributed by atoms with van der Waals surface area (Å²) in [5.74, 6) is 0.682. The van der Waals surface area contributed by atoms with Crippen molar-refractivity contribution in [1.29, 1.82) is 0 Å². The number of pyridine rings is 1. The first kappa shape index (κ1) is 16.8. The molecule has 6 heteroatoms. The molecule has 1 aliphatic rings. The highest BCUT2D eigenvalue weighted by atomic mass is 16.3. The number of aromatic nitrogens is 2. The lowest BCUT2D eigenvalue weighted by Gasteiger charge is -2.30. The molecule has 4 rings (SSSR count). The predicted octanol–water partition coefficient (Wildman–Crippen LogP) is 3.92. The van der Waals surface area contributed by atoms with E-state index in [4.69, 9.17) is 10.2 Å². The van der Waals surface area contributed by atoms with E-state index in [0.29, 0.717) is 5.92 Å². The summed E-state index contributed by atoms with van der Waals surface area (Å²) in [6.45, 7) is 2.06. The molecule has 3 heterocycles. The van der Waals surface area contributed by atoms with Crippen molar-refractivity contribution >= 4 is 22.6 Å². The number of carbonyl (C=O) groups is 1. The summed E-state index contributed by atoms with van der Waals surface area (Å²) in [7, 11) is 0. The van der Waals surface area contributed by atoms with Crippen molar-refractivity contribution in [2.24, 2.45) is 17.6 Å².